The van der Waals surface area contributed by atoms with Crippen LogP contribution in [-0.2, 0) is 11.2 Å². The number of piperazine rings is 1. The molecular weight excluding hydrogens is 314 g/mol. The molecule has 0 saturated carbocycles. The largest absolute Gasteiger partial charge is 0.339 e. The topological polar surface area (TPSA) is 78.4 Å². The number of aromatic nitrogens is 2. The molecule has 2 heterocycles. The predicted octanol–water partition coefficient (Wildman–Crippen LogP) is 1.46. The van der Waals surface area contributed by atoms with Gasteiger partial charge >= 0.3 is 6.03 Å². The average molecular weight is 331 g/mol. The second kappa shape index (κ2) is 7.19. The molecule has 1 aliphatic heterocycles. The summed E-state index contributed by atoms with van der Waals surface area (Å²) in [5.41, 5.74) is 1.01. The number of nitrogens with one attached hydrogen (secondary N) is 1. The molecule has 1 aromatic carbocycles. The fraction of sp³-hybridized carbons (Fsp3) is 0.333. The zero-order valence-electron chi connectivity index (χ0n) is 12.5. The van der Waals surface area contributed by atoms with Crippen LogP contribution >= 0.6 is 11.5 Å². The number of urea groups is 1. The Balaban J connectivity index is 1.48. The number of anilines is 1. The van der Waals surface area contributed by atoms with Gasteiger partial charge < -0.3 is 9.80 Å². The standard InChI is InChI=1S/C15H17N5O2S/c21-14(10-12-4-2-1-3-5-12)19-6-8-20(9-7-19)15(22)17-13-11-16-18-23-13/h1-5,11H,6-10H2,(H,17,22). The van der Waals surface area contributed by atoms with Crippen LogP contribution in [0.1, 0.15) is 5.56 Å². The van der Waals surface area contributed by atoms with Crippen molar-refractivity contribution in [2.45, 2.75) is 6.42 Å². The van der Waals surface area contributed by atoms with E-state index in [1.165, 1.54) is 6.20 Å². The van der Waals surface area contributed by atoms with Gasteiger partial charge in [-0.25, -0.2) is 4.79 Å². The van der Waals surface area contributed by atoms with Crippen molar-refractivity contribution in [3.05, 3.63) is 42.1 Å². The van der Waals surface area contributed by atoms with Gasteiger partial charge in [-0.05, 0) is 5.56 Å². The van der Waals surface area contributed by atoms with Gasteiger partial charge in [-0.15, -0.1) is 5.10 Å². The van der Waals surface area contributed by atoms with Crippen LogP contribution in [0.2, 0.25) is 0 Å². The van der Waals surface area contributed by atoms with Crippen LogP contribution in [0.15, 0.2) is 36.5 Å². The maximum Gasteiger partial charge on any atom is 0.322 e. The zero-order chi connectivity index (χ0) is 16.1. The minimum atomic E-state index is -0.175. The fourth-order valence-corrected chi connectivity index (χ4v) is 2.86. The van der Waals surface area contributed by atoms with Crippen LogP contribution in [-0.4, -0.2) is 57.5 Å². The summed E-state index contributed by atoms with van der Waals surface area (Å²) in [4.78, 5) is 27.9. The van der Waals surface area contributed by atoms with E-state index in [0.29, 0.717) is 37.6 Å². The molecule has 1 aromatic heterocycles. The molecule has 1 fully saturated rings. The van der Waals surface area contributed by atoms with Crippen LogP contribution in [0.3, 0.4) is 0 Å². The zero-order valence-corrected chi connectivity index (χ0v) is 13.3. The minimum Gasteiger partial charge on any atom is -0.339 e. The predicted molar refractivity (Wildman–Crippen MR) is 87.2 cm³/mol. The third-order valence-electron chi connectivity index (χ3n) is 3.71. The van der Waals surface area contributed by atoms with Gasteiger partial charge in [-0.3, -0.25) is 10.1 Å². The van der Waals surface area contributed by atoms with Gasteiger partial charge in [0.15, 0.2) is 0 Å². The van der Waals surface area contributed by atoms with Gasteiger partial charge in [0.1, 0.15) is 5.00 Å². The van der Waals surface area contributed by atoms with Gasteiger partial charge in [-0.1, -0.05) is 34.8 Å². The highest BCUT2D eigenvalue weighted by Crippen LogP contribution is 2.12. The smallest absolute Gasteiger partial charge is 0.322 e. The lowest BCUT2D eigenvalue weighted by Crippen LogP contribution is -2.52. The summed E-state index contributed by atoms with van der Waals surface area (Å²) >= 11 is 1.14. The molecule has 1 saturated heterocycles. The van der Waals surface area contributed by atoms with Crippen LogP contribution in [0, 0.1) is 0 Å². The Labute approximate surface area is 138 Å². The summed E-state index contributed by atoms with van der Waals surface area (Å²) in [6.45, 7) is 2.16. The number of amides is 3. The van der Waals surface area contributed by atoms with E-state index in [0.717, 1.165) is 17.1 Å². The highest BCUT2D eigenvalue weighted by atomic mass is 32.1. The van der Waals surface area contributed by atoms with Gasteiger partial charge in [0.2, 0.25) is 5.91 Å². The molecule has 1 N–H and O–H groups in total. The molecule has 8 heteroatoms. The first-order valence-electron chi connectivity index (χ1n) is 7.37. The van der Waals surface area contributed by atoms with Crippen molar-refractivity contribution in [3.63, 3.8) is 0 Å². The van der Waals surface area contributed by atoms with Crippen molar-refractivity contribution in [3.8, 4) is 0 Å². The quantitative estimate of drug-likeness (QED) is 0.923. The van der Waals surface area contributed by atoms with E-state index in [9.17, 15) is 9.59 Å². The highest BCUT2D eigenvalue weighted by molar-refractivity contribution is 7.10. The van der Waals surface area contributed by atoms with E-state index in [1.54, 1.807) is 4.90 Å². The third kappa shape index (κ3) is 4.04. The average Bonchev–Trinajstić information content (AvgIpc) is 3.09. The van der Waals surface area contributed by atoms with Crippen molar-refractivity contribution in [2.75, 3.05) is 31.5 Å². The van der Waals surface area contributed by atoms with Crippen molar-refractivity contribution in [1.82, 2.24) is 19.4 Å². The second-order valence-corrected chi connectivity index (χ2v) is 6.03. The summed E-state index contributed by atoms with van der Waals surface area (Å²) in [5.74, 6) is 0.0999. The second-order valence-electron chi connectivity index (χ2n) is 5.24. The normalized spacial score (nSPS) is 14.6. The summed E-state index contributed by atoms with van der Waals surface area (Å²) in [6, 6.07) is 9.52. The lowest BCUT2D eigenvalue weighted by atomic mass is 10.1. The van der Waals surface area contributed by atoms with E-state index >= 15 is 0 Å². The number of hydrogen-bond acceptors (Lipinski definition) is 5. The van der Waals surface area contributed by atoms with Gasteiger partial charge in [0.25, 0.3) is 0 Å². The minimum absolute atomic E-state index is 0.0999. The molecule has 0 atom stereocenters. The Hall–Kier alpha value is -2.48. The fourth-order valence-electron chi connectivity index (χ4n) is 2.45. The summed E-state index contributed by atoms with van der Waals surface area (Å²) < 4.78 is 3.70. The maximum absolute atomic E-state index is 12.3. The molecule has 0 spiro atoms. The first kappa shape index (κ1) is 15.4. The third-order valence-corrected chi connectivity index (χ3v) is 4.29. The molecule has 0 bridgehead atoms. The Kier molecular flexibility index (Phi) is 4.82. The molecule has 1 aliphatic rings. The lowest BCUT2D eigenvalue weighted by molar-refractivity contribution is -0.131. The van der Waals surface area contributed by atoms with Crippen LogP contribution in [0.5, 0.6) is 0 Å². The van der Waals surface area contributed by atoms with E-state index < -0.39 is 0 Å². The number of benzene rings is 1. The monoisotopic (exact) mass is 331 g/mol. The van der Waals surface area contributed by atoms with Crippen molar-refractivity contribution < 1.29 is 9.59 Å². The van der Waals surface area contributed by atoms with Gasteiger partial charge in [0, 0.05) is 37.7 Å². The van der Waals surface area contributed by atoms with Gasteiger partial charge in [-0.2, -0.15) is 0 Å². The van der Waals surface area contributed by atoms with Crippen molar-refractivity contribution in [2.24, 2.45) is 0 Å². The van der Waals surface area contributed by atoms with E-state index in [4.69, 9.17) is 0 Å². The molecule has 120 valence electrons. The molecule has 2 aromatic rings. The van der Waals surface area contributed by atoms with Crippen LogP contribution in [0.4, 0.5) is 9.80 Å². The SMILES string of the molecule is O=C(Cc1ccccc1)N1CCN(C(=O)Nc2cnns2)CC1. The molecule has 0 unspecified atom stereocenters. The Morgan fingerprint density at radius 3 is 2.43 bits per heavy atom. The van der Waals surface area contributed by atoms with Crippen LogP contribution in [0.25, 0.3) is 0 Å². The number of carbonyl (C=O) groups excluding carboxylic acids is 2. The molecule has 7 nitrogen and oxygen atoms in total. The molecule has 3 amide bonds. The molecule has 23 heavy (non-hydrogen) atoms. The summed E-state index contributed by atoms with van der Waals surface area (Å²) in [6.07, 6.45) is 1.92. The van der Waals surface area contributed by atoms with Crippen LogP contribution < -0.4 is 5.32 Å². The Morgan fingerprint density at radius 2 is 1.78 bits per heavy atom. The Bertz CT molecular complexity index is 654. The molecule has 0 aliphatic carbocycles. The highest BCUT2D eigenvalue weighted by Gasteiger charge is 2.24. The summed E-state index contributed by atoms with van der Waals surface area (Å²) in [5, 5.41) is 7.05. The van der Waals surface area contributed by atoms with Gasteiger partial charge in [0.05, 0.1) is 12.6 Å². The van der Waals surface area contributed by atoms with E-state index in [2.05, 4.69) is 14.9 Å². The number of carbonyl (C=O) groups is 2. The molecule has 0 radical (unpaired) electrons. The molecular formula is C15H17N5O2S. The summed E-state index contributed by atoms with van der Waals surface area (Å²) in [7, 11) is 0. The van der Waals surface area contributed by atoms with Crippen molar-refractivity contribution in [1.29, 1.82) is 0 Å². The first-order chi connectivity index (χ1) is 11.2. The number of hydrogen-bond donors (Lipinski definition) is 1. The van der Waals surface area contributed by atoms with Crippen molar-refractivity contribution >= 4 is 28.5 Å². The number of rotatable bonds is 3. The van der Waals surface area contributed by atoms with E-state index in [1.807, 2.05) is 35.2 Å². The maximum atomic E-state index is 12.3. The first-order valence-corrected chi connectivity index (χ1v) is 8.15. The lowest BCUT2D eigenvalue weighted by Gasteiger charge is -2.34. The molecule has 3 rings (SSSR count). The number of nitrogens with zero attached hydrogens (tertiary/aromatic N) is 4. The van der Waals surface area contributed by atoms with E-state index in [-0.39, 0.29) is 11.9 Å². The Morgan fingerprint density at radius 1 is 1.09 bits per heavy atom.